The van der Waals surface area contributed by atoms with Crippen LogP contribution in [0.2, 0.25) is 0 Å². The topological polar surface area (TPSA) is 58.7 Å². The molecule has 0 aromatic heterocycles. The van der Waals surface area contributed by atoms with Crippen molar-refractivity contribution in [3.8, 4) is 12.3 Å². The Balaban J connectivity index is 0. The third kappa shape index (κ3) is 7.20. The van der Waals surface area contributed by atoms with Gasteiger partial charge in [0.2, 0.25) is 0 Å². The molecule has 12 heavy (non-hydrogen) atoms. The van der Waals surface area contributed by atoms with Crippen LogP contribution in [0.25, 0.3) is 16.0 Å². The summed E-state index contributed by atoms with van der Waals surface area (Å²) in [5, 5.41) is 0. The molecule has 0 radical (unpaired) electrons. The number of hydrogen-bond acceptors (Lipinski definition) is 0. The zero-order chi connectivity index (χ0) is 8.53. The quantitative estimate of drug-likeness (QED) is 0.165. The molecule has 0 unspecified atom stereocenters. The van der Waals surface area contributed by atoms with Crippen LogP contribution in [0.3, 0.4) is 0 Å². The standard InChI is InChI=1S/C8H6.N3.Na/c1-2-8-6-4-3-5-7-8;1-3-2;/h1,3-7H;;/q;-1;+1. The van der Waals surface area contributed by atoms with Crippen molar-refractivity contribution in [2.24, 2.45) is 0 Å². The van der Waals surface area contributed by atoms with E-state index < -0.39 is 0 Å². The fourth-order valence-corrected chi connectivity index (χ4v) is 0.534. The van der Waals surface area contributed by atoms with Gasteiger partial charge in [-0.1, -0.05) is 24.1 Å². The summed E-state index contributed by atoms with van der Waals surface area (Å²) in [6.45, 7) is 0. The Morgan fingerprint density at radius 1 is 1.17 bits per heavy atom. The number of benzene rings is 1. The van der Waals surface area contributed by atoms with Gasteiger partial charge in [-0.05, 0) is 12.1 Å². The van der Waals surface area contributed by atoms with Crippen LogP contribution in [0.15, 0.2) is 30.3 Å². The molecule has 0 N–H and O–H groups in total. The first kappa shape index (κ1) is 13.7. The van der Waals surface area contributed by atoms with E-state index in [2.05, 4.69) is 5.92 Å². The minimum absolute atomic E-state index is 0. The van der Waals surface area contributed by atoms with Crippen molar-refractivity contribution in [1.82, 2.24) is 0 Å². The van der Waals surface area contributed by atoms with E-state index in [0.717, 1.165) is 5.56 Å². The fraction of sp³-hybridized carbons (Fsp3) is 0. The van der Waals surface area contributed by atoms with Gasteiger partial charge in [0.05, 0.1) is 0 Å². The summed E-state index contributed by atoms with van der Waals surface area (Å²) in [4.78, 5) is 1.50. The third-order valence-electron chi connectivity index (χ3n) is 0.940. The smallest absolute Gasteiger partial charge is 0.373 e. The molecule has 0 saturated heterocycles. The van der Waals surface area contributed by atoms with Crippen LogP contribution in [-0.2, 0) is 0 Å². The molecular formula is C8H6N3Na. The van der Waals surface area contributed by atoms with Gasteiger partial charge >= 0.3 is 29.6 Å². The predicted molar refractivity (Wildman–Crippen MR) is 44.5 cm³/mol. The van der Waals surface area contributed by atoms with Gasteiger partial charge in [-0.3, -0.25) is 4.91 Å². The van der Waals surface area contributed by atoms with Gasteiger partial charge < -0.3 is 11.1 Å². The maximum Gasteiger partial charge on any atom is 1.00 e. The summed E-state index contributed by atoms with van der Waals surface area (Å²) in [5.41, 5.74) is 14.4. The van der Waals surface area contributed by atoms with Crippen LogP contribution >= 0.6 is 0 Å². The van der Waals surface area contributed by atoms with E-state index in [1.807, 2.05) is 30.3 Å². The molecule has 1 rings (SSSR count). The van der Waals surface area contributed by atoms with Gasteiger partial charge in [-0.15, -0.1) is 6.42 Å². The van der Waals surface area contributed by atoms with Gasteiger partial charge in [0.1, 0.15) is 0 Å². The van der Waals surface area contributed by atoms with E-state index in [1.165, 1.54) is 4.91 Å². The molecule has 0 aliphatic rings. The number of rotatable bonds is 0. The van der Waals surface area contributed by atoms with Gasteiger partial charge in [0, 0.05) is 5.56 Å². The molecule has 0 bridgehead atoms. The number of terminal acetylenes is 1. The van der Waals surface area contributed by atoms with E-state index in [9.17, 15) is 0 Å². The van der Waals surface area contributed by atoms with E-state index in [-0.39, 0.29) is 29.6 Å². The zero-order valence-electron chi connectivity index (χ0n) is 6.81. The Morgan fingerprint density at radius 3 is 1.83 bits per heavy atom. The summed E-state index contributed by atoms with van der Waals surface area (Å²) in [5.74, 6) is 2.53. The Hall–Kier alpha value is -0.910. The van der Waals surface area contributed by atoms with Crippen LogP contribution in [-0.4, -0.2) is 0 Å². The number of nitrogens with zero attached hydrogens (tertiary/aromatic N) is 3. The summed E-state index contributed by atoms with van der Waals surface area (Å²) < 4.78 is 0. The van der Waals surface area contributed by atoms with Crippen LogP contribution in [0, 0.1) is 12.3 Å². The molecule has 1 aromatic carbocycles. The first-order chi connectivity index (χ1) is 5.35. The van der Waals surface area contributed by atoms with Crippen molar-refractivity contribution in [3.63, 3.8) is 0 Å². The fourth-order valence-electron chi connectivity index (χ4n) is 0.534. The van der Waals surface area contributed by atoms with Crippen molar-refractivity contribution in [2.45, 2.75) is 0 Å². The molecule has 1 aromatic rings. The van der Waals surface area contributed by atoms with Crippen LogP contribution < -0.4 is 29.6 Å². The Bertz CT molecular complexity index is 270. The van der Waals surface area contributed by atoms with Crippen LogP contribution in [0.5, 0.6) is 0 Å². The molecule has 0 heterocycles. The van der Waals surface area contributed by atoms with E-state index in [1.54, 1.807) is 0 Å². The maximum atomic E-state index is 6.75. The second kappa shape index (κ2) is 10.1. The van der Waals surface area contributed by atoms with Crippen molar-refractivity contribution in [1.29, 1.82) is 0 Å². The minimum atomic E-state index is 0. The first-order valence-electron chi connectivity index (χ1n) is 2.85. The average molecular weight is 167 g/mol. The van der Waals surface area contributed by atoms with Crippen LogP contribution in [0.1, 0.15) is 5.56 Å². The molecule has 0 aliphatic carbocycles. The molecule has 3 nitrogen and oxygen atoms in total. The molecule has 0 atom stereocenters. The Morgan fingerprint density at radius 2 is 1.58 bits per heavy atom. The molecule has 0 spiro atoms. The third-order valence-corrected chi connectivity index (χ3v) is 0.940. The van der Waals surface area contributed by atoms with E-state index >= 15 is 0 Å². The summed E-state index contributed by atoms with van der Waals surface area (Å²) in [6.07, 6.45) is 5.10. The molecule has 4 heteroatoms. The van der Waals surface area contributed by atoms with Gasteiger partial charge in [-0.2, -0.15) is 0 Å². The zero-order valence-corrected chi connectivity index (χ0v) is 8.81. The molecule has 0 fully saturated rings. The Kier molecular flexibility index (Phi) is 11.5. The summed E-state index contributed by atoms with van der Waals surface area (Å²) in [7, 11) is 0. The monoisotopic (exact) mass is 167 g/mol. The van der Waals surface area contributed by atoms with E-state index in [4.69, 9.17) is 17.5 Å². The summed E-state index contributed by atoms with van der Waals surface area (Å²) in [6, 6.07) is 9.60. The maximum absolute atomic E-state index is 6.75. The van der Waals surface area contributed by atoms with Crippen molar-refractivity contribution in [2.75, 3.05) is 0 Å². The van der Waals surface area contributed by atoms with Gasteiger partial charge in [0.25, 0.3) is 0 Å². The summed E-state index contributed by atoms with van der Waals surface area (Å²) >= 11 is 0. The first-order valence-corrected chi connectivity index (χ1v) is 2.85. The Labute approximate surface area is 93.5 Å². The molecule has 0 aliphatic heterocycles. The second-order valence-corrected chi connectivity index (χ2v) is 1.60. The normalized spacial score (nSPS) is 5.92. The SMILES string of the molecule is C#Cc1ccccc1.[N-]=[N+]=[N-].[Na+]. The van der Waals surface area contributed by atoms with E-state index in [0.29, 0.717) is 0 Å². The average Bonchev–Trinajstić information content (AvgIpc) is 2.08. The van der Waals surface area contributed by atoms with Crippen molar-refractivity contribution >= 4 is 0 Å². The second-order valence-electron chi connectivity index (χ2n) is 1.60. The molecule has 54 valence electrons. The number of hydrogen-bond donors (Lipinski definition) is 0. The van der Waals surface area contributed by atoms with Crippen molar-refractivity contribution in [3.05, 3.63) is 51.9 Å². The minimum Gasteiger partial charge on any atom is -0.373 e. The largest absolute Gasteiger partial charge is 1.00 e. The molecular weight excluding hydrogens is 161 g/mol. The molecule has 0 amide bonds. The van der Waals surface area contributed by atoms with Gasteiger partial charge in [-0.25, -0.2) is 0 Å². The molecule has 0 saturated carbocycles. The predicted octanol–water partition coefficient (Wildman–Crippen LogP) is -0.462. The van der Waals surface area contributed by atoms with Crippen LogP contribution in [0.4, 0.5) is 0 Å². The van der Waals surface area contributed by atoms with Crippen molar-refractivity contribution < 1.29 is 29.6 Å². The van der Waals surface area contributed by atoms with Gasteiger partial charge in [0.15, 0.2) is 0 Å².